The Hall–Kier alpha value is -1.26. The number of nitrogens with zero attached hydrogens (tertiary/aromatic N) is 1. The lowest BCUT2D eigenvalue weighted by Gasteiger charge is -2.32. The Morgan fingerprint density at radius 2 is 1.92 bits per heavy atom. The highest BCUT2D eigenvalue weighted by Crippen LogP contribution is 2.28. The minimum Gasteiger partial charge on any atom is -0.483 e. The van der Waals surface area contributed by atoms with Crippen LogP contribution in [0.1, 0.15) is 36.8 Å². The fraction of sp³-hybridized carbons (Fsp3) is 0.632. The van der Waals surface area contributed by atoms with Crippen LogP contribution in [0, 0.1) is 19.8 Å². The third-order valence-corrected chi connectivity index (χ3v) is 4.93. The van der Waals surface area contributed by atoms with Crippen LogP contribution >= 0.6 is 12.4 Å². The third kappa shape index (κ3) is 5.38. The predicted molar refractivity (Wildman–Crippen MR) is 99.0 cm³/mol. The molecule has 134 valence electrons. The molecule has 1 heterocycles. The van der Waals surface area contributed by atoms with Gasteiger partial charge in [0.25, 0.3) is 5.91 Å². The van der Waals surface area contributed by atoms with Crippen LogP contribution in [0.15, 0.2) is 18.2 Å². The largest absolute Gasteiger partial charge is 0.483 e. The second-order valence-corrected chi connectivity index (χ2v) is 7.06. The number of amides is 1. The van der Waals surface area contributed by atoms with Gasteiger partial charge in [-0.05, 0) is 69.2 Å². The van der Waals surface area contributed by atoms with Crippen molar-refractivity contribution < 1.29 is 9.53 Å². The molecule has 0 radical (unpaired) electrons. The van der Waals surface area contributed by atoms with Crippen molar-refractivity contribution >= 4 is 18.3 Å². The molecule has 1 aromatic carbocycles. The Morgan fingerprint density at radius 1 is 1.21 bits per heavy atom. The number of benzene rings is 1. The van der Waals surface area contributed by atoms with Crippen molar-refractivity contribution in [3.05, 3.63) is 29.3 Å². The lowest BCUT2D eigenvalue weighted by atomic mass is 10.0. The topological polar surface area (TPSA) is 41.6 Å². The Balaban J connectivity index is 0.00000208. The molecule has 0 aromatic heterocycles. The molecule has 1 N–H and O–H groups in total. The van der Waals surface area contributed by atoms with Crippen molar-refractivity contribution in [2.75, 3.05) is 26.2 Å². The molecule has 1 aromatic rings. The Bertz CT molecular complexity index is 552. The average Bonchev–Trinajstić information content (AvgIpc) is 3.38. The first-order valence-corrected chi connectivity index (χ1v) is 8.83. The number of carbonyl (C=O) groups excluding carboxylic acids is 1. The van der Waals surface area contributed by atoms with Gasteiger partial charge in [0.2, 0.25) is 0 Å². The summed E-state index contributed by atoms with van der Waals surface area (Å²) < 4.78 is 5.74. The van der Waals surface area contributed by atoms with E-state index in [9.17, 15) is 4.79 Å². The Labute approximate surface area is 151 Å². The Kier molecular flexibility index (Phi) is 6.93. The van der Waals surface area contributed by atoms with E-state index in [1.165, 1.54) is 12.8 Å². The van der Waals surface area contributed by atoms with Crippen LogP contribution in [0.3, 0.4) is 0 Å². The van der Waals surface area contributed by atoms with E-state index in [2.05, 4.69) is 11.4 Å². The van der Waals surface area contributed by atoms with Crippen molar-refractivity contribution in [3.8, 4) is 5.75 Å². The van der Waals surface area contributed by atoms with E-state index < -0.39 is 0 Å². The van der Waals surface area contributed by atoms with Crippen LogP contribution < -0.4 is 10.1 Å². The first-order valence-electron chi connectivity index (χ1n) is 8.83. The smallest absolute Gasteiger partial charge is 0.260 e. The zero-order valence-corrected chi connectivity index (χ0v) is 15.5. The van der Waals surface area contributed by atoms with Gasteiger partial charge in [-0.1, -0.05) is 12.1 Å². The van der Waals surface area contributed by atoms with E-state index in [1.54, 1.807) is 0 Å². The van der Waals surface area contributed by atoms with Gasteiger partial charge in [0.1, 0.15) is 5.75 Å². The molecule has 1 saturated heterocycles. The number of likely N-dealkylation sites (tertiary alicyclic amines) is 1. The fourth-order valence-corrected chi connectivity index (χ4v) is 3.08. The van der Waals surface area contributed by atoms with E-state index in [4.69, 9.17) is 4.74 Å². The number of nitrogens with one attached hydrogen (secondary N) is 1. The maximum absolute atomic E-state index is 12.3. The summed E-state index contributed by atoms with van der Waals surface area (Å²) in [6.07, 6.45) is 4.89. The highest BCUT2D eigenvalue weighted by Gasteiger charge is 2.26. The van der Waals surface area contributed by atoms with E-state index in [0.717, 1.165) is 55.3 Å². The number of piperidine rings is 1. The van der Waals surface area contributed by atoms with Gasteiger partial charge in [0.15, 0.2) is 6.61 Å². The van der Waals surface area contributed by atoms with Crippen LogP contribution in [-0.4, -0.2) is 43.1 Å². The summed E-state index contributed by atoms with van der Waals surface area (Å²) in [5, 5.41) is 3.65. The number of rotatable bonds is 6. The van der Waals surface area contributed by atoms with Gasteiger partial charge in [-0.15, -0.1) is 12.4 Å². The quantitative estimate of drug-likeness (QED) is 0.855. The molecule has 4 nitrogen and oxygen atoms in total. The maximum Gasteiger partial charge on any atom is 0.260 e. The first kappa shape index (κ1) is 19.1. The number of hydrogen-bond donors (Lipinski definition) is 1. The molecular formula is C19H29ClN2O2. The van der Waals surface area contributed by atoms with Crippen LogP contribution in [0.4, 0.5) is 0 Å². The average molecular weight is 353 g/mol. The lowest BCUT2D eigenvalue weighted by Crippen LogP contribution is -2.46. The minimum atomic E-state index is 0. The molecule has 24 heavy (non-hydrogen) atoms. The summed E-state index contributed by atoms with van der Waals surface area (Å²) in [5.74, 6) is 1.84. The normalized spacial score (nSPS) is 18.2. The molecule has 2 aliphatic rings. The van der Waals surface area contributed by atoms with Crippen molar-refractivity contribution in [3.63, 3.8) is 0 Å². The number of aryl methyl sites for hydroxylation is 2. The third-order valence-electron chi connectivity index (χ3n) is 4.93. The van der Waals surface area contributed by atoms with Crippen molar-refractivity contribution in [2.24, 2.45) is 5.92 Å². The molecule has 0 spiro atoms. The molecule has 1 aliphatic heterocycles. The summed E-state index contributed by atoms with van der Waals surface area (Å²) in [6, 6.07) is 6.67. The SMILES string of the molecule is Cc1ccc(C)c(OCC(=O)N2CCC(NCC3CC3)CC2)c1.Cl. The van der Waals surface area contributed by atoms with Crippen molar-refractivity contribution in [2.45, 2.75) is 45.6 Å². The van der Waals surface area contributed by atoms with Crippen LogP contribution in [-0.2, 0) is 4.79 Å². The fourth-order valence-electron chi connectivity index (χ4n) is 3.08. The van der Waals surface area contributed by atoms with Gasteiger partial charge >= 0.3 is 0 Å². The summed E-state index contributed by atoms with van der Waals surface area (Å²) in [5.41, 5.74) is 2.23. The minimum absolute atomic E-state index is 0. The van der Waals surface area contributed by atoms with Gasteiger partial charge in [-0.2, -0.15) is 0 Å². The van der Waals surface area contributed by atoms with Gasteiger partial charge in [0, 0.05) is 19.1 Å². The van der Waals surface area contributed by atoms with E-state index >= 15 is 0 Å². The molecule has 1 aliphatic carbocycles. The molecule has 2 fully saturated rings. The van der Waals surface area contributed by atoms with Crippen LogP contribution in [0.5, 0.6) is 5.75 Å². The highest BCUT2D eigenvalue weighted by molar-refractivity contribution is 5.85. The zero-order valence-electron chi connectivity index (χ0n) is 14.7. The molecule has 5 heteroatoms. The van der Waals surface area contributed by atoms with E-state index in [-0.39, 0.29) is 24.9 Å². The molecule has 0 unspecified atom stereocenters. The summed E-state index contributed by atoms with van der Waals surface area (Å²) >= 11 is 0. The second kappa shape index (κ2) is 8.72. The number of hydrogen-bond acceptors (Lipinski definition) is 3. The predicted octanol–water partition coefficient (Wildman–Crippen LogP) is 3.09. The first-order chi connectivity index (χ1) is 11.1. The van der Waals surface area contributed by atoms with Crippen LogP contribution in [0.25, 0.3) is 0 Å². The molecule has 1 saturated carbocycles. The number of ether oxygens (including phenoxy) is 1. The van der Waals surface area contributed by atoms with Gasteiger partial charge in [-0.25, -0.2) is 0 Å². The maximum atomic E-state index is 12.3. The highest BCUT2D eigenvalue weighted by atomic mass is 35.5. The van der Waals surface area contributed by atoms with E-state index in [1.807, 2.05) is 30.9 Å². The van der Waals surface area contributed by atoms with Gasteiger partial charge < -0.3 is 15.0 Å². The monoisotopic (exact) mass is 352 g/mol. The standard InChI is InChI=1S/C19H28N2O2.ClH/c1-14-3-4-15(2)18(11-14)23-13-19(22)21-9-7-17(8-10-21)20-12-16-5-6-16;/h3-4,11,16-17,20H,5-10,12-13H2,1-2H3;1H. The lowest BCUT2D eigenvalue weighted by molar-refractivity contribution is -0.134. The Morgan fingerprint density at radius 3 is 2.58 bits per heavy atom. The van der Waals surface area contributed by atoms with E-state index in [0.29, 0.717) is 6.04 Å². The van der Waals surface area contributed by atoms with Gasteiger partial charge in [0.05, 0.1) is 0 Å². The molecule has 3 rings (SSSR count). The summed E-state index contributed by atoms with van der Waals surface area (Å²) in [6.45, 7) is 7.04. The molecular weight excluding hydrogens is 324 g/mol. The van der Waals surface area contributed by atoms with Crippen LogP contribution in [0.2, 0.25) is 0 Å². The number of carbonyl (C=O) groups is 1. The number of halogens is 1. The second-order valence-electron chi connectivity index (χ2n) is 7.06. The zero-order chi connectivity index (χ0) is 16.2. The molecule has 1 amide bonds. The summed E-state index contributed by atoms with van der Waals surface area (Å²) in [4.78, 5) is 14.3. The summed E-state index contributed by atoms with van der Waals surface area (Å²) in [7, 11) is 0. The van der Waals surface area contributed by atoms with Crippen molar-refractivity contribution in [1.82, 2.24) is 10.2 Å². The van der Waals surface area contributed by atoms with Gasteiger partial charge in [-0.3, -0.25) is 4.79 Å². The van der Waals surface area contributed by atoms with Crippen molar-refractivity contribution in [1.29, 1.82) is 0 Å². The molecule has 0 atom stereocenters. The molecule has 0 bridgehead atoms.